The fourth-order valence-electron chi connectivity index (χ4n) is 4.24. The fourth-order valence-corrected chi connectivity index (χ4v) is 4.24. The van der Waals surface area contributed by atoms with Gasteiger partial charge in [0.05, 0.1) is 11.1 Å². The molecule has 1 N–H and O–H groups in total. The van der Waals surface area contributed by atoms with E-state index in [1.807, 2.05) is 55.1 Å². The van der Waals surface area contributed by atoms with Crippen molar-refractivity contribution < 1.29 is 4.79 Å². The topological polar surface area (TPSA) is 87.7 Å². The van der Waals surface area contributed by atoms with Gasteiger partial charge in [-0.15, -0.1) is 0 Å². The number of para-hydroxylation sites is 1. The van der Waals surface area contributed by atoms with Crippen molar-refractivity contribution in [2.24, 2.45) is 0 Å². The van der Waals surface area contributed by atoms with Gasteiger partial charge in [0, 0.05) is 48.2 Å². The van der Waals surface area contributed by atoms with Gasteiger partial charge in [0.15, 0.2) is 5.82 Å². The summed E-state index contributed by atoms with van der Waals surface area (Å²) >= 11 is 0. The minimum absolute atomic E-state index is 0.0237. The average Bonchev–Trinajstić information content (AvgIpc) is 3.24. The van der Waals surface area contributed by atoms with Crippen LogP contribution in [-0.4, -0.2) is 48.8 Å². The molecule has 0 saturated carbocycles. The molecule has 7 heteroatoms. The lowest BCUT2D eigenvalue weighted by atomic mass is 9.93. The minimum Gasteiger partial charge on any atom is -0.341 e. The predicted molar refractivity (Wildman–Crippen MR) is 119 cm³/mol. The number of aryl methyl sites for hydroxylation is 2. The largest absolute Gasteiger partial charge is 0.341 e. The summed E-state index contributed by atoms with van der Waals surface area (Å²) in [4.78, 5) is 36.5. The van der Waals surface area contributed by atoms with Gasteiger partial charge in [-0.3, -0.25) is 9.78 Å². The van der Waals surface area contributed by atoms with Gasteiger partial charge in [-0.2, -0.15) is 0 Å². The van der Waals surface area contributed by atoms with Gasteiger partial charge < -0.3 is 9.88 Å². The number of hydrogen-bond acceptors (Lipinski definition) is 5. The van der Waals surface area contributed by atoms with Crippen LogP contribution in [0.3, 0.4) is 0 Å². The van der Waals surface area contributed by atoms with E-state index >= 15 is 0 Å². The highest BCUT2D eigenvalue weighted by molar-refractivity contribution is 5.97. The molecule has 0 bridgehead atoms. The summed E-state index contributed by atoms with van der Waals surface area (Å²) < 4.78 is 0. The number of imidazole rings is 1. The zero-order valence-corrected chi connectivity index (χ0v) is 17.7. The summed E-state index contributed by atoms with van der Waals surface area (Å²) in [6.07, 6.45) is 5.41. The van der Waals surface area contributed by atoms with Crippen LogP contribution in [-0.2, 0) is 0 Å². The van der Waals surface area contributed by atoms with E-state index in [2.05, 4.69) is 19.9 Å². The van der Waals surface area contributed by atoms with Crippen molar-refractivity contribution in [2.45, 2.75) is 32.6 Å². The van der Waals surface area contributed by atoms with Crippen LogP contribution < -0.4 is 0 Å². The number of piperidine rings is 1. The van der Waals surface area contributed by atoms with Gasteiger partial charge in [0.1, 0.15) is 11.5 Å². The molecule has 1 saturated heterocycles. The second kappa shape index (κ2) is 7.91. The van der Waals surface area contributed by atoms with Gasteiger partial charge in [0.2, 0.25) is 0 Å². The van der Waals surface area contributed by atoms with Crippen molar-refractivity contribution in [3.05, 3.63) is 71.6 Å². The van der Waals surface area contributed by atoms with Crippen LogP contribution in [0.5, 0.6) is 0 Å². The normalized spacial score (nSPS) is 16.6. The van der Waals surface area contributed by atoms with Crippen LogP contribution in [0.25, 0.3) is 22.4 Å². The van der Waals surface area contributed by atoms with Gasteiger partial charge in [-0.1, -0.05) is 18.2 Å². The van der Waals surface area contributed by atoms with Crippen molar-refractivity contribution in [3.63, 3.8) is 0 Å². The lowest BCUT2D eigenvalue weighted by Crippen LogP contribution is -2.39. The number of aromatic amines is 1. The molecule has 5 rings (SSSR count). The third-order valence-electron chi connectivity index (χ3n) is 5.77. The van der Waals surface area contributed by atoms with Crippen LogP contribution in [0.2, 0.25) is 0 Å². The Bertz CT molecular complexity index is 1260. The molecular formula is C24H24N6O. The summed E-state index contributed by atoms with van der Waals surface area (Å²) in [6, 6.07) is 11.8. The van der Waals surface area contributed by atoms with Gasteiger partial charge in [0.25, 0.3) is 5.91 Å². The number of amides is 1. The number of hydrogen-bond donors (Lipinski definition) is 1. The van der Waals surface area contributed by atoms with Crippen molar-refractivity contribution in [2.75, 3.05) is 13.1 Å². The Kier molecular flexibility index (Phi) is 4.94. The van der Waals surface area contributed by atoms with Crippen molar-refractivity contribution in [1.29, 1.82) is 0 Å². The first-order valence-corrected chi connectivity index (χ1v) is 10.6. The molecule has 1 unspecified atom stereocenters. The van der Waals surface area contributed by atoms with Crippen molar-refractivity contribution in [3.8, 4) is 11.5 Å². The molecule has 0 spiro atoms. The second-order valence-electron chi connectivity index (χ2n) is 8.15. The Hall–Kier alpha value is -3.61. The lowest BCUT2D eigenvalue weighted by molar-refractivity contribution is 0.0705. The highest BCUT2D eigenvalue weighted by Gasteiger charge is 2.27. The number of H-pyrrole nitrogens is 1. The predicted octanol–water partition coefficient (Wildman–Crippen LogP) is 4.05. The Morgan fingerprint density at radius 1 is 1.10 bits per heavy atom. The maximum atomic E-state index is 13.2. The van der Waals surface area contributed by atoms with Crippen molar-refractivity contribution in [1.82, 2.24) is 29.8 Å². The SMILES string of the molecule is Cc1nc(-c2ncc(C)[nH]2)cc(C2CCCN(C(=O)c3cnc4ccccc4c3)C2)n1. The summed E-state index contributed by atoms with van der Waals surface area (Å²) in [5.41, 5.74) is 4.27. The van der Waals surface area contributed by atoms with Crippen LogP contribution >= 0.6 is 0 Å². The molecule has 1 atom stereocenters. The number of nitrogens with zero attached hydrogens (tertiary/aromatic N) is 5. The highest BCUT2D eigenvalue weighted by atomic mass is 16.2. The van der Waals surface area contributed by atoms with E-state index in [0.29, 0.717) is 17.9 Å². The molecule has 7 nitrogen and oxygen atoms in total. The number of nitrogens with one attached hydrogen (secondary N) is 1. The van der Waals surface area contributed by atoms with E-state index in [1.165, 1.54) is 0 Å². The zero-order chi connectivity index (χ0) is 21.4. The third kappa shape index (κ3) is 3.91. The van der Waals surface area contributed by atoms with E-state index in [1.54, 1.807) is 12.4 Å². The zero-order valence-electron chi connectivity index (χ0n) is 17.7. The summed E-state index contributed by atoms with van der Waals surface area (Å²) in [7, 11) is 0. The second-order valence-corrected chi connectivity index (χ2v) is 8.15. The highest BCUT2D eigenvalue weighted by Crippen LogP contribution is 2.29. The average molecular weight is 412 g/mol. The minimum atomic E-state index is 0.0237. The first kappa shape index (κ1) is 19.4. The van der Waals surface area contributed by atoms with Crippen LogP contribution in [0.15, 0.2) is 48.8 Å². The van der Waals surface area contributed by atoms with Crippen LogP contribution in [0, 0.1) is 13.8 Å². The number of rotatable bonds is 3. The summed E-state index contributed by atoms with van der Waals surface area (Å²) in [5.74, 6) is 1.65. The smallest absolute Gasteiger partial charge is 0.255 e. The third-order valence-corrected chi connectivity index (χ3v) is 5.77. The molecule has 4 aromatic rings. The van der Waals surface area contributed by atoms with Crippen molar-refractivity contribution >= 4 is 16.8 Å². The quantitative estimate of drug-likeness (QED) is 0.548. The molecule has 1 aromatic carbocycles. The number of aromatic nitrogens is 5. The number of likely N-dealkylation sites (tertiary alicyclic amines) is 1. The fraction of sp³-hybridized carbons (Fsp3) is 0.292. The molecule has 0 radical (unpaired) electrons. The number of pyridine rings is 1. The van der Waals surface area contributed by atoms with E-state index in [-0.39, 0.29) is 11.8 Å². The molecule has 1 aliphatic heterocycles. The number of carbonyl (C=O) groups is 1. The van der Waals surface area contributed by atoms with E-state index in [4.69, 9.17) is 4.98 Å². The van der Waals surface area contributed by atoms with Crippen LogP contribution in [0.1, 0.15) is 46.3 Å². The summed E-state index contributed by atoms with van der Waals surface area (Å²) in [6.45, 7) is 5.25. The molecule has 156 valence electrons. The van der Waals surface area contributed by atoms with Crippen LogP contribution in [0.4, 0.5) is 0 Å². The van der Waals surface area contributed by atoms with Gasteiger partial charge in [-0.05, 0) is 44.9 Å². The maximum Gasteiger partial charge on any atom is 0.255 e. The molecule has 1 aliphatic rings. The van der Waals surface area contributed by atoms with E-state index < -0.39 is 0 Å². The molecule has 1 fully saturated rings. The number of benzene rings is 1. The molecular weight excluding hydrogens is 388 g/mol. The molecule has 1 amide bonds. The lowest BCUT2D eigenvalue weighted by Gasteiger charge is -2.32. The Morgan fingerprint density at radius 3 is 2.81 bits per heavy atom. The molecule has 3 aromatic heterocycles. The first-order valence-electron chi connectivity index (χ1n) is 10.6. The Morgan fingerprint density at radius 2 is 1.97 bits per heavy atom. The Balaban J connectivity index is 1.40. The Labute approximate surface area is 180 Å². The molecule has 4 heterocycles. The van der Waals surface area contributed by atoms with Gasteiger partial charge in [-0.25, -0.2) is 15.0 Å². The number of fused-ring (bicyclic) bond motifs is 1. The maximum absolute atomic E-state index is 13.2. The summed E-state index contributed by atoms with van der Waals surface area (Å²) in [5, 5.41) is 0.978. The standard InChI is InChI=1S/C24H24N6O/c1-15-12-26-23(27-15)22-11-21(28-16(2)29-22)18-7-5-9-30(14-18)24(31)19-10-17-6-3-4-8-20(17)25-13-19/h3-4,6,8,10-13,18H,5,7,9,14H2,1-2H3,(H,26,27). The monoisotopic (exact) mass is 412 g/mol. The van der Waals surface area contributed by atoms with E-state index in [0.717, 1.165) is 53.2 Å². The van der Waals surface area contributed by atoms with E-state index in [9.17, 15) is 4.79 Å². The van der Waals surface area contributed by atoms with Gasteiger partial charge >= 0.3 is 0 Å². The molecule has 31 heavy (non-hydrogen) atoms. The first-order chi connectivity index (χ1) is 15.1. The molecule has 0 aliphatic carbocycles. The number of carbonyl (C=O) groups excluding carboxylic acids is 1.